The molecule has 73 heavy (non-hydrogen) atoms. The first kappa shape index (κ1) is 49.9. The van der Waals surface area contributed by atoms with E-state index in [-0.39, 0.29) is 86.2 Å². The second kappa shape index (κ2) is 21.8. The summed E-state index contributed by atoms with van der Waals surface area (Å²) < 4.78 is 13.6. The molecule has 0 spiro atoms. The lowest BCUT2D eigenvalue weighted by Crippen LogP contribution is -2.58. The van der Waals surface area contributed by atoms with Crippen molar-refractivity contribution in [3.63, 3.8) is 0 Å². The molecule has 10 rings (SSSR count). The van der Waals surface area contributed by atoms with Crippen molar-refractivity contribution in [2.75, 3.05) is 76.2 Å². The number of rotatable bonds is 14. The summed E-state index contributed by atoms with van der Waals surface area (Å²) in [4.78, 5) is 93.9. The van der Waals surface area contributed by atoms with E-state index in [4.69, 9.17) is 26.1 Å². The number of para-hydroxylation sites is 1. The number of hydrogen-bond donors (Lipinski definition) is 4. The molecule has 5 aromatic rings. The van der Waals surface area contributed by atoms with Crippen LogP contribution in [0.15, 0.2) is 79.0 Å². The van der Waals surface area contributed by atoms with E-state index >= 15 is 0 Å². The molecule has 5 aliphatic heterocycles. The number of fused-ring (bicyclic) bond motifs is 2. The van der Waals surface area contributed by atoms with Crippen molar-refractivity contribution in [2.45, 2.75) is 75.2 Å². The number of anilines is 2. The SMILES string of the molecule is CNC(=O)C1(Oc2ccccc2-c2nc3cccc(Cl)c3s2)CCN(C(=O)[C@H]2CC(=O)Nc3cc(OCCNC(=O)C4CCN(CC5CCN(c6ccc(C7CCC(=O)NC7=O)cn6)CC5)CC4)ccc32)CC1. The molecule has 3 aromatic carbocycles. The lowest BCUT2D eigenvalue weighted by Gasteiger charge is -2.42. The van der Waals surface area contributed by atoms with E-state index in [0.29, 0.717) is 58.1 Å². The number of carbonyl (C=O) groups is 6. The molecule has 19 heteroatoms. The Morgan fingerprint density at radius 2 is 1.67 bits per heavy atom. The third kappa shape index (κ3) is 11.0. The smallest absolute Gasteiger partial charge is 0.264 e. The largest absolute Gasteiger partial charge is 0.492 e. The van der Waals surface area contributed by atoms with Gasteiger partial charge in [-0.3, -0.25) is 34.1 Å². The Bertz CT molecular complexity index is 2890. The lowest BCUT2D eigenvalue weighted by atomic mass is 9.86. The van der Waals surface area contributed by atoms with Crippen LogP contribution in [-0.2, 0) is 28.8 Å². The first-order valence-corrected chi connectivity index (χ1v) is 26.6. The van der Waals surface area contributed by atoms with E-state index in [1.807, 2.05) is 60.7 Å². The first-order chi connectivity index (χ1) is 35.4. The Morgan fingerprint density at radius 1 is 0.877 bits per heavy atom. The van der Waals surface area contributed by atoms with Gasteiger partial charge < -0.3 is 40.1 Å². The van der Waals surface area contributed by atoms with Crippen LogP contribution in [0.4, 0.5) is 11.5 Å². The van der Waals surface area contributed by atoms with Crippen LogP contribution in [0, 0.1) is 11.8 Å². The molecule has 5 aliphatic rings. The van der Waals surface area contributed by atoms with Crippen molar-refractivity contribution >= 4 is 80.1 Å². The van der Waals surface area contributed by atoms with Crippen molar-refractivity contribution in [1.29, 1.82) is 0 Å². The first-order valence-electron chi connectivity index (χ1n) is 25.4. The molecule has 4 fully saturated rings. The highest BCUT2D eigenvalue weighted by atomic mass is 35.5. The van der Waals surface area contributed by atoms with Crippen LogP contribution in [0.25, 0.3) is 20.8 Å². The van der Waals surface area contributed by atoms with Crippen LogP contribution in [0.2, 0.25) is 5.02 Å². The van der Waals surface area contributed by atoms with E-state index in [0.717, 1.165) is 85.6 Å². The monoisotopic (exact) mass is 1030 g/mol. The van der Waals surface area contributed by atoms with Gasteiger partial charge in [0.25, 0.3) is 5.91 Å². The van der Waals surface area contributed by atoms with Crippen molar-refractivity contribution in [3.05, 3.63) is 95.1 Å². The number of imide groups is 1. The van der Waals surface area contributed by atoms with Crippen LogP contribution >= 0.6 is 22.9 Å². The van der Waals surface area contributed by atoms with Crippen molar-refractivity contribution in [3.8, 4) is 22.1 Å². The summed E-state index contributed by atoms with van der Waals surface area (Å²) in [6.45, 7) is 5.66. The molecule has 6 amide bonds. The minimum Gasteiger partial charge on any atom is -0.492 e. The molecule has 2 atom stereocenters. The molecular weight excluding hydrogens is 970 g/mol. The number of pyridine rings is 1. The molecule has 7 heterocycles. The summed E-state index contributed by atoms with van der Waals surface area (Å²) in [6.07, 6.45) is 6.83. The highest BCUT2D eigenvalue weighted by Crippen LogP contribution is 2.42. The Kier molecular flexibility index (Phi) is 14.9. The van der Waals surface area contributed by atoms with Gasteiger partial charge in [0.15, 0.2) is 5.60 Å². The highest BCUT2D eigenvalue weighted by molar-refractivity contribution is 7.22. The molecule has 0 radical (unpaired) electrons. The summed E-state index contributed by atoms with van der Waals surface area (Å²) in [5.74, 6) is 0.219. The van der Waals surface area contributed by atoms with Gasteiger partial charge in [-0.05, 0) is 98.6 Å². The minimum absolute atomic E-state index is 0.00501. The maximum Gasteiger partial charge on any atom is 0.264 e. The maximum atomic E-state index is 14.2. The second-order valence-corrected chi connectivity index (χ2v) is 21.2. The quantitative estimate of drug-likeness (QED) is 0.0719. The number of hydrogen-bond acceptors (Lipinski definition) is 13. The fraction of sp³-hybridized carbons (Fsp3) is 0.444. The lowest BCUT2D eigenvalue weighted by molar-refractivity contribution is -0.147. The number of nitrogens with one attached hydrogen (secondary N) is 4. The van der Waals surface area contributed by atoms with E-state index in [9.17, 15) is 28.8 Å². The summed E-state index contributed by atoms with van der Waals surface area (Å²) in [5.41, 5.74) is 2.31. The number of amides is 6. The number of aromatic nitrogens is 2. The third-order valence-corrected chi connectivity index (χ3v) is 16.7. The van der Waals surface area contributed by atoms with Gasteiger partial charge in [-0.15, -0.1) is 11.3 Å². The molecule has 0 bridgehead atoms. The summed E-state index contributed by atoms with van der Waals surface area (Å²) in [6, 6.07) is 22.3. The van der Waals surface area contributed by atoms with Gasteiger partial charge in [0.1, 0.15) is 28.9 Å². The van der Waals surface area contributed by atoms with Gasteiger partial charge in [-0.2, -0.15) is 0 Å². The molecule has 0 saturated carbocycles. The van der Waals surface area contributed by atoms with Crippen LogP contribution in [0.5, 0.6) is 11.5 Å². The highest BCUT2D eigenvalue weighted by Gasteiger charge is 2.46. The predicted octanol–water partition coefficient (Wildman–Crippen LogP) is 6.27. The van der Waals surface area contributed by atoms with Crippen molar-refractivity contribution in [1.82, 2.24) is 35.7 Å². The van der Waals surface area contributed by atoms with Crippen LogP contribution in [0.3, 0.4) is 0 Å². The molecule has 382 valence electrons. The number of thiazole rings is 1. The fourth-order valence-corrected chi connectivity index (χ4v) is 12.3. The maximum absolute atomic E-state index is 14.2. The third-order valence-electron chi connectivity index (χ3n) is 15.2. The number of piperidine rings is 4. The molecular formula is C54H60ClN9O8S. The zero-order chi connectivity index (χ0) is 50.6. The summed E-state index contributed by atoms with van der Waals surface area (Å²) in [5, 5.41) is 12.5. The Labute approximate surface area is 432 Å². The van der Waals surface area contributed by atoms with Crippen molar-refractivity contribution < 1.29 is 38.2 Å². The number of likely N-dealkylation sites (N-methyl/N-ethyl adjacent to an activating group) is 1. The topological polar surface area (TPSA) is 204 Å². The zero-order valence-corrected chi connectivity index (χ0v) is 42.4. The van der Waals surface area contributed by atoms with E-state index in [1.54, 1.807) is 30.3 Å². The van der Waals surface area contributed by atoms with Gasteiger partial charge in [0.2, 0.25) is 29.5 Å². The van der Waals surface area contributed by atoms with E-state index in [1.165, 1.54) is 11.3 Å². The molecule has 4 saturated heterocycles. The number of benzene rings is 3. The van der Waals surface area contributed by atoms with Gasteiger partial charge >= 0.3 is 0 Å². The van der Waals surface area contributed by atoms with E-state index < -0.39 is 11.5 Å². The zero-order valence-electron chi connectivity index (χ0n) is 40.8. The van der Waals surface area contributed by atoms with Gasteiger partial charge in [-0.25, -0.2) is 9.97 Å². The number of likely N-dealkylation sites (tertiary alicyclic amines) is 2. The van der Waals surface area contributed by atoms with E-state index in [2.05, 4.69) is 36.1 Å². The predicted molar refractivity (Wildman–Crippen MR) is 278 cm³/mol. The normalized spacial score (nSPS) is 20.7. The standard InChI is InChI=1S/C54H60ClN9O8S/c1-56-53(70)54(72-44-8-3-2-5-39(44)51-60-42-7-4-6-41(55)48(42)73-51)19-26-64(27-20-54)52(69)40-30-47(66)59-43-29-36(10-11-38(40)43)71-28-21-57-49(67)34-17-22-62(23-18-34)32-33-15-24-63(25-16-33)45-13-9-35(31-58-45)37-12-14-46(65)61-50(37)68/h2-11,13,29,31,33-34,37,40H,12,14-28,30,32H2,1H3,(H,56,70)(H,57,67)(H,59,66)(H,61,65,68)/t37?,40-/m0/s1. The average molecular weight is 1030 g/mol. The van der Waals surface area contributed by atoms with Crippen LogP contribution < -0.4 is 35.6 Å². The molecule has 2 aromatic heterocycles. The second-order valence-electron chi connectivity index (χ2n) is 19.8. The van der Waals surface area contributed by atoms with Crippen molar-refractivity contribution in [2.24, 2.45) is 11.8 Å². The molecule has 1 unspecified atom stereocenters. The summed E-state index contributed by atoms with van der Waals surface area (Å²) in [7, 11) is 1.58. The number of halogens is 1. The molecule has 17 nitrogen and oxygen atoms in total. The number of carbonyl (C=O) groups excluding carboxylic acids is 6. The van der Waals surface area contributed by atoms with Crippen LogP contribution in [-0.4, -0.2) is 127 Å². The van der Waals surface area contributed by atoms with Crippen LogP contribution in [0.1, 0.15) is 80.8 Å². The van der Waals surface area contributed by atoms with Gasteiger partial charge in [0, 0.05) is 89.3 Å². The number of nitrogens with zero attached hydrogens (tertiary/aromatic N) is 5. The minimum atomic E-state index is -1.25. The summed E-state index contributed by atoms with van der Waals surface area (Å²) >= 11 is 7.93. The van der Waals surface area contributed by atoms with Gasteiger partial charge in [-0.1, -0.05) is 41.9 Å². The molecule has 0 aliphatic carbocycles. The fourth-order valence-electron chi connectivity index (χ4n) is 11.0. The van der Waals surface area contributed by atoms with Gasteiger partial charge in [0.05, 0.1) is 39.2 Å². The average Bonchev–Trinajstić information content (AvgIpc) is 3.86. The Balaban J connectivity index is 0.662. The molecule has 4 N–H and O–H groups in total. The Morgan fingerprint density at radius 3 is 2.41 bits per heavy atom. The Hall–Kier alpha value is -6.63. The number of ether oxygens (including phenoxy) is 2.